The molecule has 0 saturated carbocycles. The van der Waals surface area contributed by atoms with Gasteiger partial charge in [-0.05, 0) is 59.4 Å². The van der Waals surface area contributed by atoms with Crippen LogP contribution in [-0.4, -0.2) is 67.4 Å². The van der Waals surface area contributed by atoms with E-state index in [9.17, 15) is 14.7 Å². The van der Waals surface area contributed by atoms with Crippen LogP contribution in [-0.2, 0) is 16.1 Å². The highest BCUT2D eigenvalue weighted by molar-refractivity contribution is 5.92. The molecule has 1 aliphatic rings. The largest absolute Gasteiger partial charge is 0.466 e. The zero-order valence-corrected chi connectivity index (χ0v) is 22.1. The van der Waals surface area contributed by atoms with Crippen molar-refractivity contribution < 1.29 is 19.4 Å². The second-order valence-corrected chi connectivity index (χ2v) is 9.56. The summed E-state index contributed by atoms with van der Waals surface area (Å²) in [6, 6.07) is 18.3. The highest BCUT2D eigenvalue weighted by atomic mass is 16.5. The minimum Gasteiger partial charge on any atom is -0.466 e. The van der Waals surface area contributed by atoms with Crippen molar-refractivity contribution in [1.82, 2.24) is 9.88 Å². The number of urea groups is 1. The number of esters is 1. The molecule has 0 bridgehead atoms. The second kappa shape index (κ2) is 12.4. The van der Waals surface area contributed by atoms with Crippen molar-refractivity contribution in [2.45, 2.75) is 25.5 Å². The van der Waals surface area contributed by atoms with Crippen molar-refractivity contribution in [3.05, 3.63) is 84.2 Å². The van der Waals surface area contributed by atoms with Gasteiger partial charge in [0.25, 0.3) is 0 Å². The first-order valence-corrected chi connectivity index (χ1v) is 12.7. The lowest BCUT2D eigenvalue weighted by Crippen LogP contribution is -2.47. The Morgan fingerprint density at radius 3 is 2.24 bits per heavy atom. The number of nitrogens with zero attached hydrogens (tertiary/aromatic N) is 4. The predicted molar refractivity (Wildman–Crippen MR) is 150 cm³/mol. The van der Waals surface area contributed by atoms with E-state index in [1.807, 2.05) is 32.3 Å². The Hall–Kier alpha value is -4.17. The number of piperidine rings is 1. The molecule has 1 saturated heterocycles. The molecule has 1 fully saturated rings. The number of carbonyl (C=O) groups excluding carboxylic acids is 2. The number of benzene rings is 2. The molecule has 0 spiro atoms. The maximum Gasteiger partial charge on any atom is 0.330 e. The van der Waals surface area contributed by atoms with Gasteiger partial charge < -0.3 is 19.6 Å². The van der Waals surface area contributed by atoms with Gasteiger partial charge in [-0.3, -0.25) is 9.88 Å². The first-order valence-electron chi connectivity index (χ1n) is 12.7. The van der Waals surface area contributed by atoms with Crippen LogP contribution < -0.4 is 9.80 Å². The summed E-state index contributed by atoms with van der Waals surface area (Å²) in [7, 11) is 5.36. The summed E-state index contributed by atoms with van der Waals surface area (Å²) in [5.74, 6) is -0.466. The Balaban J connectivity index is 1.58. The van der Waals surface area contributed by atoms with Crippen molar-refractivity contribution in [3.63, 3.8) is 0 Å². The van der Waals surface area contributed by atoms with Gasteiger partial charge in [0.1, 0.15) is 0 Å². The molecule has 0 unspecified atom stereocenters. The van der Waals surface area contributed by atoms with Crippen LogP contribution in [0.1, 0.15) is 24.0 Å². The van der Waals surface area contributed by atoms with E-state index in [-0.39, 0.29) is 12.1 Å². The molecule has 2 heterocycles. The summed E-state index contributed by atoms with van der Waals surface area (Å²) in [5, 5.41) is 9.91. The molecule has 4 rings (SSSR count). The highest BCUT2D eigenvalue weighted by Gasteiger charge is 2.27. The molecule has 1 aromatic heterocycles. The highest BCUT2D eigenvalue weighted by Crippen LogP contribution is 2.26. The van der Waals surface area contributed by atoms with Gasteiger partial charge in [0.2, 0.25) is 0 Å². The number of hydrogen-bond donors (Lipinski definition) is 1. The number of carbonyl (C=O) groups is 2. The van der Waals surface area contributed by atoms with Gasteiger partial charge in [0.05, 0.1) is 31.6 Å². The molecule has 38 heavy (non-hydrogen) atoms. The van der Waals surface area contributed by atoms with Crippen molar-refractivity contribution in [1.29, 1.82) is 0 Å². The van der Waals surface area contributed by atoms with Crippen LogP contribution in [0, 0.1) is 0 Å². The molecule has 198 valence electrons. The van der Waals surface area contributed by atoms with Crippen LogP contribution in [0.4, 0.5) is 16.2 Å². The van der Waals surface area contributed by atoms with E-state index in [0.717, 1.165) is 22.4 Å². The fourth-order valence-electron chi connectivity index (χ4n) is 4.35. The molecular weight excluding hydrogens is 480 g/mol. The van der Waals surface area contributed by atoms with Gasteiger partial charge in [-0.2, -0.15) is 0 Å². The quantitative estimate of drug-likeness (QED) is 0.367. The van der Waals surface area contributed by atoms with Gasteiger partial charge in [-0.25, -0.2) is 9.59 Å². The zero-order valence-electron chi connectivity index (χ0n) is 22.1. The third-order valence-electron chi connectivity index (χ3n) is 6.65. The van der Waals surface area contributed by atoms with Crippen LogP contribution in [0.25, 0.3) is 17.2 Å². The summed E-state index contributed by atoms with van der Waals surface area (Å²) >= 11 is 0. The average Bonchev–Trinajstić information content (AvgIpc) is 2.95. The van der Waals surface area contributed by atoms with E-state index in [1.54, 1.807) is 28.3 Å². The number of pyridine rings is 1. The van der Waals surface area contributed by atoms with Gasteiger partial charge >= 0.3 is 12.0 Å². The van der Waals surface area contributed by atoms with Gasteiger partial charge in [-0.15, -0.1) is 0 Å². The van der Waals surface area contributed by atoms with Crippen LogP contribution in [0.3, 0.4) is 0 Å². The number of aliphatic hydroxyl groups excluding tert-OH is 1. The molecule has 2 aromatic carbocycles. The first-order chi connectivity index (χ1) is 18.3. The Labute approximate surface area is 223 Å². The maximum absolute atomic E-state index is 13.7. The van der Waals surface area contributed by atoms with Crippen LogP contribution in [0.15, 0.2) is 73.1 Å². The maximum atomic E-state index is 13.7. The monoisotopic (exact) mass is 514 g/mol. The lowest BCUT2D eigenvalue weighted by atomic mass is 10.0. The minimum absolute atomic E-state index is 0.142. The Morgan fingerprint density at radius 2 is 1.63 bits per heavy atom. The fourth-order valence-corrected chi connectivity index (χ4v) is 4.35. The fraction of sp³-hybridized carbons (Fsp3) is 0.300. The number of anilines is 2. The van der Waals surface area contributed by atoms with Crippen LogP contribution in [0.2, 0.25) is 0 Å². The lowest BCUT2D eigenvalue weighted by Gasteiger charge is -2.34. The molecule has 0 aliphatic carbocycles. The topological polar surface area (TPSA) is 86.2 Å². The Kier molecular flexibility index (Phi) is 8.76. The summed E-state index contributed by atoms with van der Waals surface area (Å²) in [6.07, 6.45) is 6.94. The van der Waals surface area contributed by atoms with E-state index in [4.69, 9.17) is 0 Å². The molecule has 2 amide bonds. The minimum atomic E-state index is -0.466. The third kappa shape index (κ3) is 6.77. The average molecular weight is 515 g/mol. The number of aliphatic hydroxyl groups is 1. The van der Waals surface area contributed by atoms with Gasteiger partial charge in [-0.1, -0.05) is 36.4 Å². The van der Waals surface area contributed by atoms with Gasteiger partial charge in [0, 0.05) is 45.1 Å². The smallest absolute Gasteiger partial charge is 0.330 e. The number of hydrogen-bond acceptors (Lipinski definition) is 6. The van der Waals surface area contributed by atoms with E-state index in [2.05, 4.69) is 51.0 Å². The predicted octanol–water partition coefficient (Wildman–Crippen LogP) is 4.58. The molecule has 3 aromatic rings. The summed E-state index contributed by atoms with van der Waals surface area (Å²) in [6.45, 7) is 1.34. The molecule has 1 N–H and O–H groups in total. The van der Waals surface area contributed by atoms with E-state index >= 15 is 0 Å². The van der Waals surface area contributed by atoms with Crippen molar-refractivity contribution in [3.8, 4) is 11.1 Å². The molecular formula is C30H34N4O4. The number of methoxy groups -OCH3 is 1. The van der Waals surface area contributed by atoms with Crippen molar-refractivity contribution in [2.24, 2.45) is 0 Å². The number of rotatable bonds is 7. The SMILES string of the molecule is COC(=O)/C=C/c1cncc(N(Cc2ccc(-c3ccc(N(C)C)cc3)cc2)C(=O)N2CCC(O)CC2)c1. The zero-order chi connectivity index (χ0) is 27.1. The Bertz CT molecular complexity index is 1260. The summed E-state index contributed by atoms with van der Waals surface area (Å²) in [5.41, 5.74) is 5.63. The van der Waals surface area contributed by atoms with E-state index in [0.29, 0.717) is 43.7 Å². The standard InChI is InChI=1S/C30H34N4O4/c1-32(2)26-11-9-25(10-12-26)24-7-4-22(5-8-24)21-34(30(37)33-16-14-28(35)15-17-33)27-18-23(19-31-20-27)6-13-29(36)38-3/h4-13,18-20,28,35H,14-17,21H2,1-3H3/b13-6+. The third-order valence-corrected chi connectivity index (χ3v) is 6.65. The molecule has 8 heteroatoms. The first kappa shape index (κ1) is 26.9. The number of ether oxygens (including phenoxy) is 1. The molecule has 0 atom stereocenters. The normalized spacial score (nSPS) is 13.9. The van der Waals surface area contributed by atoms with Crippen LogP contribution in [0.5, 0.6) is 0 Å². The van der Waals surface area contributed by atoms with Gasteiger partial charge in [0.15, 0.2) is 0 Å². The summed E-state index contributed by atoms with van der Waals surface area (Å²) < 4.78 is 4.67. The Morgan fingerprint density at radius 1 is 1.00 bits per heavy atom. The van der Waals surface area contributed by atoms with Crippen molar-refractivity contribution >= 4 is 29.5 Å². The number of likely N-dealkylation sites (tertiary alicyclic amines) is 1. The second-order valence-electron chi connectivity index (χ2n) is 9.56. The molecule has 0 radical (unpaired) electrons. The number of aromatic nitrogens is 1. The van der Waals surface area contributed by atoms with E-state index in [1.165, 1.54) is 13.2 Å². The summed E-state index contributed by atoms with van der Waals surface area (Å²) in [4.78, 5) is 35.0. The molecule has 1 aliphatic heterocycles. The molecule has 8 nitrogen and oxygen atoms in total. The number of amides is 2. The van der Waals surface area contributed by atoms with E-state index < -0.39 is 5.97 Å². The lowest BCUT2D eigenvalue weighted by molar-refractivity contribution is -0.134. The van der Waals surface area contributed by atoms with Crippen LogP contribution >= 0.6 is 0 Å². The van der Waals surface area contributed by atoms with Crippen molar-refractivity contribution in [2.75, 3.05) is 44.1 Å².